The van der Waals surface area contributed by atoms with Crippen molar-refractivity contribution in [3.8, 4) is 0 Å². The first-order valence-corrected chi connectivity index (χ1v) is 8.07. The van der Waals surface area contributed by atoms with Crippen LogP contribution in [-0.4, -0.2) is 25.8 Å². The molecular weight excluding hydrogens is 302 g/mol. The minimum absolute atomic E-state index is 0.118. The summed E-state index contributed by atoms with van der Waals surface area (Å²) >= 11 is 5.26. The molecule has 0 aliphatic rings. The van der Waals surface area contributed by atoms with E-state index in [9.17, 15) is 4.79 Å². The van der Waals surface area contributed by atoms with E-state index in [2.05, 4.69) is 40.0 Å². The van der Waals surface area contributed by atoms with Crippen LogP contribution >= 0.6 is 27.7 Å². The van der Waals surface area contributed by atoms with Gasteiger partial charge in [-0.1, -0.05) is 41.5 Å². The molecule has 0 amide bonds. The van der Waals surface area contributed by atoms with E-state index < -0.39 is 0 Å². The molecule has 1 aromatic rings. The van der Waals surface area contributed by atoms with Gasteiger partial charge >= 0.3 is 5.69 Å². The highest BCUT2D eigenvalue weighted by Crippen LogP contribution is 2.34. The molecule has 0 aliphatic carbocycles. The van der Waals surface area contributed by atoms with Gasteiger partial charge in [0, 0.05) is 17.6 Å². The van der Waals surface area contributed by atoms with Crippen molar-refractivity contribution in [2.75, 3.05) is 11.1 Å². The summed E-state index contributed by atoms with van der Waals surface area (Å²) in [6.07, 6.45) is 2.26. The number of nitrogens with one attached hydrogen (secondary N) is 1. The minimum Gasteiger partial charge on any atom is -0.270 e. The van der Waals surface area contributed by atoms with Gasteiger partial charge in [-0.15, -0.1) is 5.10 Å². The van der Waals surface area contributed by atoms with Crippen LogP contribution in [0.5, 0.6) is 0 Å². The van der Waals surface area contributed by atoms with Crippen LogP contribution in [0.1, 0.15) is 33.6 Å². The Hall–Kier alpha value is -0.230. The number of H-pyrrole nitrogens is 1. The predicted octanol–water partition coefficient (Wildman–Crippen LogP) is 2.88. The Bertz CT molecular complexity index is 389. The van der Waals surface area contributed by atoms with Crippen molar-refractivity contribution in [1.82, 2.24) is 14.8 Å². The van der Waals surface area contributed by atoms with Crippen molar-refractivity contribution >= 4 is 27.7 Å². The lowest BCUT2D eigenvalue weighted by Crippen LogP contribution is -2.24. The molecule has 0 fully saturated rings. The Labute approximate surface area is 115 Å². The maximum Gasteiger partial charge on any atom is 0.343 e. The van der Waals surface area contributed by atoms with Crippen LogP contribution in [0.4, 0.5) is 0 Å². The van der Waals surface area contributed by atoms with E-state index >= 15 is 0 Å². The fraction of sp³-hybridized carbons (Fsp3) is 0.818. The molecule has 17 heavy (non-hydrogen) atoms. The van der Waals surface area contributed by atoms with Crippen molar-refractivity contribution in [3.05, 3.63) is 10.5 Å². The van der Waals surface area contributed by atoms with E-state index in [4.69, 9.17) is 0 Å². The second-order valence-electron chi connectivity index (χ2n) is 4.19. The molecule has 0 spiro atoms. The third kappa shape index (κ3) is 3.37. The molecule has 0 atom stereocenters. The number of rotatable bonds is 7. The van der Waals surface area contributed by atoms with Crippen molar-refractivity contribution in [3.63, 3.8) is 0 Å². The first kappa shape index (κ1) is 14.8. The number of hydrogen-bond donors (Lipinski definition) is 1. The SMILES string of the molecule is CCn1c(SCC(CC)(CC)CBr)n[nH]c1=O. The Kier molecular flexibility index (Phi) is 5.79. The second-order valence-corrected chi connectivity index (χ2v) is 5.69. The zero-order valence-corrected chi connectivity index (χ0v) is 13.0. The van der Waals surface area contributed by atoms with Gasteiger partial charge in [0.15, 0.2) is 5.16 Å². The monoisotopic (exact) mass is 321 g/mol. The van der Waals surface area contributed by atoms with Gasteiger partial charge in [-0.25, -0.2) is 9.89 Å². The van der Waals surface area contributed by atoms with E-state index in [0.717, 1.165) is 29.1 Å². The van der Waals surface area contributed by atoms with Crippen molar-refractivity contribution in [2.24, 2.45) is 5.41 Å². The van der Waals surface area contributed by atoms with Crippen molar-refractivity contribution in [1.29, 1.82) is 0 Å². The van der Waals surface area contributed by atoms with Crippen LogP contribution in [0, 0.1) is 5.41 Å². The lowest BCUT2D eigenvalue weighted by atomic mass is 9.87. The van der Waals surface area contributed by atoms with Gasteiger partial charge in [-0.3, -0.25) is 4.57 Å². The topological polar surface area (TPSA) is 50.7 Å². The first-order valence-electron chi connectivity index (χ1n) is 5.96. The van der Waals surface area contributed by atoms with Gasteiger partial charge in [0.1, 0.15) is 0 Å². The van der Waals surface area contributed by atoms with E-state index in [1.807, 2.05) is 6.92 Å². The highest BCUT2D eigenvalue weighted by Gasteiger charge is 2.26. The fourth-order valence-electron chi connectivity index (χ4n) is 1.59. The quantitative estimate of drug-likeness (QED) is 0.620. The number of halogens is 1. The van der Waals surface area contributed by atoms with Crippen molar-refractivity contribution < 1.29 is 0 Å². The number of aromatic nitrogens is 3. The number of aromatic amines is 1. The van der Waals surface area contributed by atoms with Crippen LogP contribution < -0.4 is 5.69 Å². The highest BCUT2D eigenvalue weighted by molar-refractivity contribution is 9.09. The summed E-state index contributed by atoms with van der Waals surface area (Å²) < 4.78 is 1.68. The maximum atomic E-state index is 11.4. The fourth-order valence-corrected chi connectivity index (χ4v) is 4.27. The number of thioether (sulfide) groups is 1. The van der Waals surface area contributed by atoms with Gasteiger partial charge in [0.05, 0.1) is 0 Å². The molecular formula is C11H20BrN3OS. The number of hydrogen-bond acceptors (Lipinski definition) is 3. The zero-order valence-electron chi connectivity index (χ0n) is 10.6. The average molecular weight is 322 g/mol. The predicted molar refractivity (Wildman–Crippen MR) is 76.1 cm³/mol. The molecule has 0 aliphatic heterocycles. The maximum absolute atomic E-state index is 11.4. The lowest BCUT2D eigenvalue weighted by Gasteiger charge is -2.28. The molecule has 1 rings (SSSR count). The number of nitrogens with zero attached hydrogens (tertiary/aromatic N) is 2. The van der Waals surface area contributed by atoms with E-state index in [1.54, 1.807) is 16.3 Å². The van der Waals surface area contributed by atoms with E-state index in [0.29, 0.717) is 6.54 Å². The van der Waals surface area contributed by atoms with Gasteiger partial charge < -0.3 is 0 Å². The summed E-state index contributed by atoms with van der Waals surface area (Å²) in [6.45, 7) is 7.04. The molecule has 1 heterocycles. The largest absolute Gasteiger partial charge is 0.343 e. The molecule has 0 unspecified atom stereocenters. The van der Waals surface area contributed by atoms with Crippen LogP contribution in [0.25, 0.3) is 0 Å². The summed E-state index contributed by atoms with van der Waals surface area (Å²) in [5.41, 5.74) is 0.172. The lowest BCUT2D eigenvalue weighted by molar-refractivity contribution is 0.358. The highest BCUT2D eigenvalue weighted by atomic mass is 79.9. The third-order valence-corrected chi connectivity index (χ3v) is 5.85. The smallest absolute Gasteiger partial charge is 0.270 e. The second kappa shape index (κ2) is 6.64. The Morgan fingerprint density at radius 2 is 2.06 bits per heavy atom. The minimum atomic E-state index is -0.118. The van der Waals surface area contributed by atoms with Gasteiger partial charge in [0.2, 0.25) is 0 Å². The summed E-state index contributed by atoms with van der Waals surface area (Å²) in [6, 6.07) is 0. The van der Waals surface area contributed by atoms with Crippen LogP contribution in [0.2, 0.25) is 0 Å². The summed E-state index contributed by atoms with van der Waals surface area (Å²) in [5, 5.41) is 8.35. The summed E-state index contributed by atoms with van der Waals surface area (Å²) in [5.74, 6) is 0.982. The molecule has 6 heteroatoms. The van der Waals surface area contributed by atoms with Crippen LogP contribution in [0.3, 0.4) is 0 Å². The van der Waals surface area contributed by atoms with Gasteiger partial charge in [-0.2, -0.15) is 0 Å². The number of alkyl halides is 1. The summed E-state index contributed by atoms with van der Waals surface area (Å²) in [4.78, 5) is 11.4. The van der Waals surface area contributed by atoms with Crippen LogP contribution in [-0.2, 0) is 6.54 Å². The molecule has 98 valence electrons. The van der Waals surface area contributed by atoms with Gasteiger partial charge in [-0.05, 0) is 25.2 Å². The molecule has 0 radical (unpaired) electrons. The Balaban J connectivity index is 2.75. The Morgan fingerprint density at radius 3 is 2.53 bits per heavy atom. The third-order valence-electron chi connectivity index (χ3n) is 3.33. The molecule has 1 aromatic heterocycles. The molecule has 0 aromatic carbocycles. The molecule has 0 saturated heterocycles. The first-order chi connectivity index (χ1) is 8.12. The molecule has 0 bridgehead atoms. The van der Waals surface area contributed by atoms with E-state index in [1.165, 1.54) is 0 Å². The van der Waals surface area contributed by atoms with Crippen LogP contribution in [0.15, 0.2) is 9.95 Å². The van der Waals surface area contributed by atoms with E-state index in [-0.39, 0.29) is 11.1 Å². The zero-order chi connectivity index (χ0) is 12.9. The molecule has 0 saturated carbocycles. The average Bonchev–Trinajstić information content (AvgIpc) is 2.72. The Morgan fingerprint density at radius 1 is 1.41 bits per heavy atom. The summed E-state index contributed by atoms with van der Waals surface area (Å²) in [7, 11) is 0. The van der Waals surface area contributed by atoms with Gasteiger partial charge in [0.25, 0.3) is 0 Å². The standard InChI is InChI=1S/C11H20BrN3OS/c1-4-11(5-2,7-12)8-17-10-14-13-9(16)15(10)6-3/h4-8H2,1-3H3,(H,13,16). The molecule has 4 nitrogen and oxygen atoms in total. The normalized spacial score (nSPS) is 12.0. The molecule has 1 N–H and O–H groups in total. The van der Waals surface area contributed by atoms with Crippen molar-refractivity contribution in [2.45, 2.75) is 45.3 Å².